The Labute approximate surface area is 173 Å². The van der Waals surface area contributed by atoms with Crippen molar-refractivity contribution in [2.75, 3.05) is 28.5 Å². The standard InChI is InChI=1S/C21H29N3O4S/c1-3-5-12-22-18-14-16(21(25)28-13-6-4-2)15-19(24-29(26)27)20(18)23-17-10-8-7-9-11-17/h7-11,14-15,22-23,29H,3-6,12-13H2,1-2H3,(H,24,26,27). The van der Waals surface area contributed by atoms with Gasteiger partial charge in [-0.1, -0.05) is 44.9 Å². The smallest absolute Gasteiger partial charge is 0.338 e. The summed E-state index contributed by atoms with van der Waals surface area (Å²) in [6, 6.07) is 12.6. The molecule has 2 aromatic rings. The van der Waals surface area contributed by atoms with Crippen LogP contribution in [0.1, 0.15) is 49.9 Å². The second kappa shape index (κ2) is 12.0. The van der Waals surface area contributed by atoms with Crippen LogP contribution in [-0.4, -0.2) is 27.5 Å². The number of thiol groups is 1. The number of hydrogen-bond acceptors (Lipinski definition) is 6. The maximum atomic E-state index is 12.5. The first kappa shape index (κ1) is 22.5. The van der Waals surface area contributed by atoms with Crippen molar-refractivity contribution in [2.45, 2.75) is 39.5 Å². The minimum atomic E-state index is -2.91. The highest BCUT2D eigenvalue weighted by Gasteiger charge is 2.17. The number of carbonyl (C=O) groups excluding carboxylic acids is 1. The van der Waals surface area contributed by atoms with Crippen molar-refractivity contribution in [3.8, 4) is 0 Å². The number of nitrogens with one attached hydrogen (secondary N) is 3. The molecular weight excluding hydrogens is 390 g/mol. The first-order valence-electron chi connectivity index (χ1n) is 9.87. The summed E-state index contributed by atoms with van der Waals surface area (Å²) in [6.45, 7) is 5.12. The fourth-order valence-corrected chi connectivity index (χ4v) is 3.05. The number of carbonyl (C=O) groups is 1. The number of esters is 1. The molecule has 0 spiro atoms. The lowest BCUT2D eigenvalue weighted by Gasteiger charge is -2.19. The number of para-hydroxylation sites is 1. The number of unbranched alkanes of at least 4 members (excludes halogenated alkanes) is 2. The SMILES string of the molecule is CCCCNc1cc(C(=O)OCCCC)cc(N[SH](=O)=O)c1Nc1ccccc1. The van der Waals surface area contributed by atoms with Gasteiger partial charge < -0.3 is 15.4 Å². The van der Waals surface area contributed by atoms with E-state index in [-0.39, 0.29) is 11.3 Å². The monoisotopic (exact) mass is 419 g/mol. The highest BCUT2D eigenvalue weighted by atomic mass is 32.2. The van der Waals surface area contributed by atoms with Gasteiger partial charge >= 0.3 is 5.97 Å². The van der Waals surface area contributed by atoms with E-state index >= 15 is 0 Å². The van der Waals surface area contributed by atoms with Crippen LogP contribution in [0, 0.1) is 0 Å². The Morgan fingerprint density at radius 3 is 2.34 bits per heavy atom. The normalized spacial score (nSPS) is 10.6. The van der Waals surface area contributed by atoms with E-state index in [2.05, 4.69) is 22.3 Å². The van der Waals surface area contributed by atoms with Crippen LogP contribution in [-0.2, 0) is 15.6 Å². The summed E-state index contributed by atoms with van der Waals surface area (Å²) >= 11 is 0. The lowest BCUT2D eigenvalue weighted by Crippen LogP contribution is -2.12. The number of benzene rings is 2. The summed E-state index contributed by atoms with van der Waals surface area (Å²) in [5.74, 6) is -0.479. The van der Waals surface area contributed by atoms with Crippen molar-refractivity contribution < 1.29 is 17.9 Å². The van der Waals surface area contributed by atoms with Gasteiger partial charge in [0.2, 0.25) is 10.9 Å². The zero-order valence-electron chi connectivity index (χ0n) is 16.9. The Morgan fingerprint density at radius 1 is 1.00 bits per heavy atom. The quantitative estimate of drug-likeness (QED) is 0.229. The van der Waals surface area contributed by atoms with Crippen molar-refractivity contribution in [3.05, 3.63) is 48.0 Å². The number of ether oxygens (including phenoxy) is 1. The van der Waals surface area contributed by atoms with E-state index in [1.54, 1.807) is 6.07 Å². The molecule has 0 aliphatic rings. The summed E-state index contributed by atoms with van der Waals surface area (Å²) in [5.41, 5.74) is 2.56. The number of rotatable bonds is 12. The molecule has 158 valence electrons. The average Bonchev–Trinajstić information content (AvgIpc) is 2.70. The van der Waals surface area contributed by atoms with Gasteiger partial charge in [0.15, 0.2) is 0 Å². The molecule has 0 radical (unpaired) electrons. The van der Waals surface area contributed by atoms with Crippen LogP contribution in [0.4, 0.5) is 22.7 Å². The van der Waals surface area contributed by atoms with Crippen molar-refractivity contribution in [1.82, 2.24) is 0 Å². The molecule has 0 aliphatic carbocycles. The van der Waals surface area contributed by atoms with Crippen molar-refractivity contribution >= 4 is 39.6 Å². The van der Waals surface area contributed by atoms with Crippen LogP contribution < -0.4 is 15.4 Å². The molecule has 0 bridgehead atoms. The maximum Gasteiger partial charge on any atom is 0.338 e. The van der Waals surface area contributed by atoms with E-state index < -0.39 is 16.9 Å². The minimum absolute atomic E-state index is 0.286. The average molecular weight is 420 g/mol. The molecular formula is C21H29N3O4S. The highest BCUT2D eigenvalue weighted by molar-refractivity contribution is 7.73. The van der Waals surface area contributed by atoms with E-state index in [1.165, 1.54) is 6.07 Å². The molecule has 3 N–H and O–H groups in total. The van der Waals surface area contributed by atoms with Gasteiger partial charge in [-0.2, -0.15) is 0 Å². The van der Waals surface area contributed by atoms with Gasteiger partial charge in [-0.3, -0.25) is 4.72 Å². The van der Waals surface area contributed by atoms with Crippen LogP contribution in [0.2, 0.25) is 0 Å². The van der Waals surface area contributed by atoms with Crippen molar-refractivity contribution in [1.29, 1.82) is 0 Å². The van der Waals surface area contributed by atoms with Gasteiger partial charge in [0.25, 0.3) is 0 Å². The fourth-order valence-electron chi connectivity index (χ4n) is 2.68. The third-order valence-electron chi connectivity index (χ3n) is 4.21. The fraction of sp³-hybridized carbons (Fsp3) is 0.381. The molecule has 2 rings (SSSR count). The van der Waals surface area contributed by atoms with Crippen molar-refractivity contribution in [2.24, 2.45) is 0 Å². The first-order chi connectivity index (χ1) is 14.0. The summed E-state index contributed by atoms with van der Waals surface area (Å²) in [6.07, 6.45) is 3.64. The predicted molar refractivity (Wildman–Crippen MR) is 119 cm³/mol. The minimum Gasteiger partial charge on any atom is -0.462 e. The van der Waals surface area contributed by atoms with Crippen LogP contribution >= 0.6 is 0 Å². The summed E-state index contributed by atoms with van der Waals surface area (Å²) < 4.78 is 30.5. The van der Waals surface area contributed by atoms with Gasteiger partial charge in [0.1, 0.15) is 0 Å². The first-order valence-corrected chi connectivity index (χ1v) is 11.0. The Bertz CT molecular complexity index is 862. The number of hydrogen-bond donors (Lipinski definition) is 4. The Kier molecular flexibility index (Phi) is 9.30. The molecule has 0 saturated carbocycles. The van der Waals surface area contributed by atoms with E-state index in [0.717, 1.165) is 31.4 Å². The Hall–Kier alpha value is -2.74. The lowest BCUT2D eigenvalue weighted by molar-refractivity contribution is 0.0500. The van der Waals surface area contributed by atoms with Crippen LogP contribution in [0.3, 0.4) is 0 Å². The summed E-state index contributed by atoms with van der Waals surface area (Å²) in [7, 11) is -2.91. The molecule has 0 amide bonds. The Morgan fingerprint density at radius 2 is 1.69 bits per heavy atom. The zero-order chi connectivity index (χ0) is 21.1. The van der Waals surface area contributed by atoms with E-state index in [1.807, 2.05) is 37.3 Å². The molecule has 29 heavy (non-hydrogen) atoms. The van der Waals surface area contributed by atoms with Crippen LogP contribution in [0.15, 0.2) is 42.5 Å². The topological polar surface area (TPSA) is 96.5 Å². The lowest BCUT2D eigenvalue weighted by atomic mass is 10.1. The molecule has 0 atom stereocenters. The van der Waals surface area contributed by atoms with Gasteiger partial charge in [0, 0.05) is 12.2 Å². The maximum absolute atomic E-state index is 12.5. The molecule has 0 heterocycles. The molecule has 2 aromatic carbocycles. The van der Waals surface area contributed by atoms with E-state index in [9.17, 15) is 13.2 Å². The predicted octanol–water partition coefficient (Wildman–Crippen LogP) is 4.54. The van der Waals surface area contributed by atoms with Crippen molar-refractivity contribution in [3.63, 3.8) is 0 Å². The van der Waals surface area contributed by atoms with E-state index in [0.29, 0.717) is 24.5 Å². The zero-order valence-corrected chi connectivity index (χ0v) is 17.8. The Balaban J connectivity index is 2.44. The second-order valence-corrected chi connectivity index (χ2v) is 7.31. The third kappa shape index (κ3) is 7.30. The van der Waals surface area contributed by atoms with Gasteiger partial charge in [-0.15, -0.1) is 0 Å². The van der Waals surface area contributed by atoms with Crippen LogP contribution in [0.25, 0.3) is 0 Å². The summed E-state index contributed by atoms with van der Waals surface area (Å²) in [4.78, 5) is 12.5. The molecule has 0 saturated heterocycles. The highest BCUT2D eigenvalue weighted by Crippen LogP contribution is 2.35. The largest absolute Gasteiger partial charge is 0.462 e. The van der Waals surface area contributed by atoms with Gasteiger partial charge in [-0.25, -0.2) is 13.2 Å². The van der Waals surface area contributed by atoms with E-state index in [4.69, 9.17) is 4.74 Å². The molecule has 0 unspecified atom stereocenters. The molecule has 0 aromatic heterocycles. The summed E-state index contributed by atoms with van der Waals surface area (Å²) in [5, 5.41) is 6.55. The molecule has 7 nitrogen and oxygen atoms in total. The molecule has 0 aliphatic heterocycles. The number of anilines is 4. The van der Waals surface area contributed by atoms with Gasteiger partial charge in [0.05, 0.1) is 29.2 Å². The van der Waals surface area contributed by atoms with Crippen LogP contribution in [0.5, 0.6) is 0 Å². The third-order valence-corrected chi connectivity index (χ3v) is 4.63. The second-order valence-electron chi connectivity index (χ2n) is 6.58. The molecule has 8 heteroatoms. The van der Waals surface area contributed by atoms with Gasteiger partial charge in [-0.05, 0) is 37.1 Å². The molecule has 0 fully saturated rings.